The molecule has 0 saturated heterocycles. The van der Waals surface area contributed by atoms with Crippen LogP contribution in [-0.4, -0.2) is 30.6 Å². The summed E-state index contributed by atoms with van der Waals surface area (Å²) >= 11 is 0. The Morgan fingerprint density at radius 2 is 1.84 bits per heavy atom. The lowest BCUT2D eigenvalue weighted by Crippen LogP contribution is -2.51. The number of methoxy groups -OCH3 is 1. The zero-order valence-corrected chi connectivity index (χ0v) is 13.2. The predicted molar refractivity (Wildman–Crippen MR) is 81.7 cm³/mol. The number of nitrogens with two attached hydrogens (primary N) is 1. The van der Waals surface area contributed by atoms with E-state index < -0.39 is 0 Å². The van der Waals surface area contributed by atoms with Gasteiger partial charge >= 0.3 is 0 Å². The van der Waals surface area contributed by atoms with Gasteiger partial charge in [0.05, 0.1) is 7.11 Å². The lowest BCUT2D eigenvalue weighted by atomic mass is 9.85. The molecule has 3 heteroatoms. The van der Waals surface area contributed by atoms with Crippen LogP contribution in [0.1, 0.15) is 44.9 Å². The molecule has 108 valence electrons. The normalized spacial score (nSPS) is 13.7. The average molecular weight is 264 g/mol. The molecule has 0 amide bonds. The Labute approximate surface area is 117 Å². The summed E-state index contributed by atoms with van der Waals surface area (Å²) in [4.78, 5) is 2.40. The van der Waals surface area contributed by atoms with Gasteiger partial charge in [-0.3, -0.25) is 4.90 Å². The van der Waals surface area contributed by atoms with E-state index in [4.69, 9.17) is 10.5 Å². The van der Waals surface area contributed by atoms with Crippen molar-refractivity contribution in [2.24, 2.45) is 5.73 Å². The summed E-state index contributed by atoms with van der Waals surface area (Å²) in [5, 5.41) is 0. The number of hydrogen-bond acceptors (Lipinski definition) is 3. The van der Waals surface area contributed by atoms with E-state index in [1.807, 2.05) is 12.1 Å². The maximum absolute atomic E-state index is 6.53. The summed E-state index contributed by atoms with van der Waals surface area (Å²) in [7, 11) is 1.69. The van der Waals surface area contributed by atoms with Crippen molar-refractivity contribution >= 4 is 0 Å². The molecule has 1 unspecified atom stereocenters. The minimum absolute atomic E-state index is 0.0155. The lowest BCUT2D eigenvalue weighted by Gasteiger charge is -2.42. The van der Waals surface area contributed by atoms with Crippen LogP contribution in [-0.2, 0) is 0 Å². The molecule has 0 aromatic heterocycles. The fraction of sp³-hybridized carbons (Fsp3) is 0.625. The van der Waals surface area contributed by atoms with Crippen molar-refractivity contribution in [1.29, 1.82) is 0 Å². The molecular formula is C16H28N2O. The minimum Gasteiger partial charge on any atom is -0.497 e. The van der Waals surface area contributed by atoms with Gasteiger partial charge in [0.15, 0.2) is 0 Å². The Hall–Kier alpha value is -1.06. The molecule has 2 N–H and O–H groups in total. The van der Waals surface area contributed by atoms with Crippen molar-refractivity contribution in [1.82, 2.24) is 4.90 Å². The topological polar surface area (TPSA) is 38.5 Å². The molecule has 0 saturated carbocycles. The SMILES string of the molecule is CCN(CC)C(C)(C)C(N)c1ccc(OC)cc1C. The number of nitrogens with zero attached hydrogens (tertiary/aromatic N) is 1. The maximum atomic E-state index is 6.53. The van der Waals surface area contributed by atoms with E-state index >= 15 is 0 Å². The van der Waals surface area contributed by atoms with E-state index in [-0.39, 0.29) is 11.6 Å². The minimum atomic E-state index is -0.0666. The summed E-state index contributed by atoms with van der Waals surface area (Å²) in [6.07, 6.45) is 0. The lowest BCUT2D eigenvalue weighted by molar-refractivity contribution is 0.106. The molecule has 1 rings (SSSR count). The van der Waals surface area contributed by atoms with Crippen molar-refractivity contribution in [3.8, 4) is 5.75 Å². The van der Waals surface area contributed by atoms with E-state index in [0.717, 1.165) is 18.8 Å². The first-order valence-electron chi connectivity index (χ1n) is 7.03. The van der Waals surface area contributed by atoms with Crippen LogP contribution in [0.4, 0.5) is 0 Å². The van der Waals surface area contributed by atoms with Gasteiger partial charge < -0.3 is 10.5 Å². The molecule has 3 nitrogen and oxygen atoms in total. The first kappa shape index (κ1) is 16.0. The molecular weight excluding hydrogens is 236 g/mol. The van der Waals surface area contributed by atoms with Crippen LogP contribution in [0, 0.1) is 6.92 Å². The van der Waals surface area contributed by atoms with Crippen molar-refractivity contribution in [2.45, 2.75) is 46.2 Å². The van der Waals surface area contributed by atoms with E-state index in [0.29, 0.717) is 0 Å². The quantitative estimate of drug-likeness (QED) is 0.858. The molecule has 0 spiro atoms. The first-order chi connectivity index (χ1) is 8.88. The highest BCUT2D eigenvalue weighted by Crippen LogP contribution is 2.32. The monoisotopic (exact) mass is 264 g/mol. The van der Waals surface area contributed by atoms with Gasteiger partial charge in [0, 0.05) is 11.6 Å². The van der Waals surface area contributed by atoms with Crippen LogP contribution < -0.4 is 10.5 Å². The van der Waals surface area contributed by atoms with Crippen molar-refractivity contribution in [3.05, 3.63) is 29.3 Å². The molecule has 0 fully saturated rings. The van der Waals surface area contributed by atoms with Gasteiger partial charge in [-0.25, -0.2) is 0 Å². The predicted octanol–water partition coefficient (Wildman–Crippen LogP) is 3.12. The van der Waals surface area contributed by atoms with Crippen LogP contribution in [0.3, 0.4) is 0 Å². The fourth-order valence-corrected chi connectivity index (χ4v) is 2.74. The second-order valence-corrected chi connectivity index (χ2v) is 5.53. The molecule has 0 aliphatic rings. The molecule has 1 aromatic carbocycles. The van der Waals surface area contributed by atoms with Crippen LogP contribution in [0.5, 0.6) is 5.75 Å². The Kier molecular flexibility index (Phi) is 5.39. The molecule has 1 atom stereocenters. The second-order valence-electron chi connectivity index (χ2n) is 5.53. The second kappa shape index (κ2) is 6.40. The van der Waals surface area contributed by atoms with Gasteiger partial charge in [-0.2, -0.15) is 0 Å². The van der Waals surface area contributed by atoms with Crippen LogP contribution in [0.2, 0.25) is 0 Å². The van der Waals surface area contributed by atoms with E-state index in [1.54, 1.807) is 7.11 Å². The largest absolute Gasteiger partial charge is 0.497 e. The molecule has 0 heterocycles. The van der Waals surface area contributed by atoms with Gasteiger partial charge in [0.2, 0.25) is 0 Å². The number of likely N-dealkylation sites (N-methyl/N-ethyl adjacent to an activating group) is 1. The van der Waals surface area contributed by atoms with Gasteiger partial charge in [-0.05, 0) is 57.1 Å². The van der Waals surface area contributed by atoms with Gasteiger partial charge in [-0.1, -0.05) is 19.9 Å². The number of rotatable bonds is 6. The average Bonchev–Trinajstić information content (AvgIpc) is 2.38. The molecule has 0 radical (unpaired) electrons. The summed E-state index contributed by atoms with van der Waals surface area (Å²) < 4.78 is 5.25. The molecule has 0 aliphatic carbocycles. The standard InChI is InChI=1S/C16H28N2O/c1-7-18(8-2)16(4,5)15(17)14-10-9-13(19-6)11-12(14)3/h9-11,15H,7-8,17H2,1-6H3. The molecule has 19 heavy (non-hydrogen) atoms. The Balaban J connectivity index is 3.08. The van der Waals surface area contributed by atoms with Crippen LogP contribution >= 0.6 is 0 Å². The maximum Gasteiger partial charge on any atom is 0.119 e. The third kappa shape index (κ3) is 3.28. The Bertz CT molecular complexity index is 411. The summed E-state index contributed by atoms with van der Waals surface area (Å²) in [5.41, 5.74) is 8.85. The Morgan fingerprint density at radius 1 is 1.26 bits per heavy atom. The smallest absolute Gasteiger partial charge is 0.119 e. The van der Waals surface area contributed by atoms with Crippen LogP contribution in [0.15, 0.2) is 18.2 Å². The zero-order valence-electron chi connectivity index (χ0n) is 13.2. The number of ether oxygens (including phenoxy) is 1. The van der Waals surface area contributed by atoms with E-state index in [9.17, 15) is 0 Å². The highest BCUT2D eigenvalue weighted by molar-refractivity contribution is 5.37. The van der Waals surface area contributed by atoms with E-state index in [1.165, 1.54) is 11.1 Å². The third-order valence-electron chi connectivity index (χ3n) is 4.15. The molecule has 0 bridgehead atoms. The van der Waals surface area contributed by atoms with Gasteiger partial charge in [0.1, 0.15) is 5.75 Å². The third-order valence-corrected chi connectivity index (χ3v) is 4.15. The fourth-order valence-electron chi connectivity index (χ4n) is 2.74. The highest BCUT2D eigenvalue weighted by Gasteiger charge is 2.33. The van der Waals surface area contributed by atoms with E-state index in [2.05, 4.69) is 45.6 Å². The zero-order chi connectivity index (χ0) is 14.6. The first-order valence-corrected chi connectivity index (χ1v) is 7.03. The van der Waals surface area contributed by atoms with Crippen molar-refractivity contribution in [2.75, 3.05) is 20.2 Å². The van der Waals surface area contributed by atoms with Crippen LogP contribution in [0.25, 0.3) is 0 Å². The number of hydrogen-bond donors (Lipinski definition) is 1. The van der Waals surface area contributed by atoms with Crippen molar-refractivity contribution < 1.29 is 4.74 Å². The number of aryl methyl sites for hydroxylation is 1. The highest BCUT2D eigenvalue weighted by atomic mass is 16.5. The van der Waals surface area contributed by atoms with Crippen molar-refractivity contribution in [3.63, 3.8) is 0 Å². The van der Waals surface area contributed by atoms with Gasteiger partial charge in [-0.15, -0.1) is 0 Å². The number of benzene rings is 1. The summed E-state index contributed by atoms with van der Waals surface area (Å²) in [5.74, 6) is 0.883. The summed E-state index contributed by atoms with van der Waals surface area (Å²) in [6, 6.07) is 6.11. The molecule has 0 aliphatic heterocycles. The van der Waals surface area contributed by atoms with Gasteiger partial charge in [0.25, 0.3) is 0 Å². The Morgan fingerprint density at radius 3 is 2.26 bits per heavy atom. The summed E-state index contributed by atoms with van der Waals surface area (Å²) in [6.45, 7) is 12.9. The molecule has 1 aromatic rings.